The highest BCUT2D eigenvalue weighted by molar-refractivity contribution is 5.98. The molecular weight excluding hydrogens is 680 g/mol. The second-order valence-electron chi connectivity index (χ2n) is 12.7. The molecular formula is C43H28F4N4O2. The zero-order valence-corrected chi connectivity index (χ0v) is 27.9. The Kier molecular flexibility index (Phi) is 8.71. The van der Waals surface area contributed by atoms with Crippen molar-refractivity contribution >= 4 is 21.8 Å². The first kappa shape index (κ1) is 33.5. The van der Waals surface area contributed by atoms with E-state index in [0.717, 1.165) is 0 Å². The van der Waals surface area contributed by atoms with Gasteiger partial charge in [0.25, 0.3) is 11.1 Å². The minimum Gasteiger partial charge on any atom is -0.310 e. The lowest BCUT2D eigenvalue weighted by atomic mass is 9.95. The highest BCUT2D eigenvalue weighted by Crippen LogP contribution is 2.34. The normalized spacial score (nSPS) is 11.4. The Bertz CT molecular complexity index is 2570. The molecule has 10 heteroatoms. The molecule has 0 saturated heterocycles. The molecule has 0 spiro atoms. The maximum absolute atomic E-state index is 13.9. The standard InChI is InChI=1S/C43H28F4N4O2/c44-30-12-4-24(5-13-30)28-20-34(26-8-16-32(46)17-9-26)40-36(22-28)42(52)50-38(48-40)2-1-3-39-49-41-35(27-10-18-33(47)19-11-27)21-29(23-37(41)43(53)51-39)25-6-14-31(45)15-7-25/h4-23H,1-3H2,(H,48,50,52)(H,49,51,53). The summed E-state index contributed by atoms with van der Waals surface area (Å²) in [5.41, 5.74) is 5.41. The van der Waals surface area contributed by atoms with E-state index in [9.17, 15) is 27.2 Å². The molecule has 0 saturated carbocycles. The molecule has 6 aromatic carbocycles. The van der Waals surface area contributed by atoms with Crippen molar-refractivity contribution in [3.8, 4) is 44.5 Å². The van der Waals surface area contributed by atoms with Crippen LogP contribution in [-0.4, -0.2) is 19.9 Å². The quantitative estimate of drug-likeness (QED) is 0.154. The third-order valence-electron chi connectivity index (χ3n) is 9.21. The molecule has 0 bridgehead atoms. The minimum atomic E-state index is -0.405. The van der Waals surface area contributed by atoms with Crippen LogP contribution >= 0.6 is 0 Å². The number of H-pyrrole nitrogens is 2. The molecule has 0 fully saturated rings. The van der Waals surface area contributed by atoms with Gasteiger partial charge in [-0.3, -0.25) is 9.59 Å². The molecule has 260 valence electrons. The molecule has 0 radical (unpaired) electrons. The van der Waals surface area contributed by atoms with Crippen molar-refractivity contribution in [3.05, 3.63) is 177 Å². The number of fused-ring (bicyclic) bond motifs is 2. The molecule has 2 aromatic heterocycles. The van der Waals surface area contributed by atoms with Crippen molar-refractivity contribution in [1.29, 1.82) is 0 Å². The molecule has 0 aliphatic carbocycles. The van der Waals surface area contributed by atoms with E-state index in [1.807, 2.05) is 12.1 Å². The van der Waals surface area contributed by atoms with Crippen molar-refractivity contribution in [3.63, 3.8) is 0 Å². The molecule has 0 amide bonds. The Labute approximate surface area is 299 Å². The molecule has 6 nitrogen and oxygen atoms in total. The van der Waals surface area contributed by atoms with Gasteiger partial charge in [-0.2, -0.15) is 0 Å². The lowest BCUT2D eigenvalue weighted by Gasteiger charge is -2.13. The van der Waals surface area contributed by atoms with E-state index in [0.29, 0.717) is 97.2 Å². The number of nitrogens with one attached hydrogen (secondary N) is 2. The molecule has 2 N–H and O–H groups in total. The Morgan fingerprint density at radius 2 is 0.736 bits per heavy atom. The van der Waals surface area contributed by atoms with Crippen LogP contribution in [0.15, 0.2) is 131 Å². The summed E-state index contributed by atoms with van der Waals surface area (Å²) in [4.78, 5) is 42.5. The second kappa shape index (κ2) is 13.8. The lowest BCUT2D eigenvalue weighted by molar-refractivity contribution is 0.627. The van der Waals surface area contributed by atoms with Crippen molar-refractivity contribution < 1.29 is 17.6 Å². The van der Waals surface area contributed by atoms with E-state index in [1.165, 1.54) is 48.5 Å². The summed E-state index contributed by atoms with van der Waals surface area (Å²) in [5.74, 6) is -0.746. The van der Waals surface area contributed by atoms with E-state index >= 15 is 0 Å². The van der Waals surface area contributed by atoms with Crippen LogP contribution in [0.4, 0.5) is 17.6 Å². The van der Waals surface area contributed by atoms with Crippen LogP contribution in [0.25, 0.3) is 66.3 Å². The number of nitrogens with zero attached hydrogens (tertiary/aromatic N) is 2. The topological polar surface area (TPSA) is 91.5 Å². The summed E-state index contributed by atoms with van der Waals surface area (Å²) in [7, 11) is 0. The van der Waals surface area contributed by atoms with Gasteiger partial charge in [0.2, 0.25) is 0 Å². The first-order chi connectivity index (χ1) is 25.7. The molecule has 0 aliphatic heterocycles. The van der Waals surface area contributed by atoms with Gasteiger partial charge >= 0.3 is 0 Å². The van der Waals surface area contributed by atoms with E-state index in [2.05, 4.69) is 9.97 Å². The van der Waals surface area contributed by atoms with Crippen molar-refractivity contribution in [2.75, 3.05) is 0 Å². The molecule has 2 heterocycles. The minimum absolute atomic E-state index is 0.323. The summed E-state index contributed by atoms with van der Waals surface area (Å²) in [5, 5.41) is 0.646. The fourth-order valence-corrected chi connectivity index (χ4v) is 6.56. The van der Waals surface area contributed by atoms with Gasteiger partial charge in [0.1, 0.15) is 34.9 Å². The Balaban J connectivity index is 1.14. The van der Waals surface area contributed by atoms with Gasteiger partial charge in [-0.05, 0) is 113 Å². The number of aryl methyl sites for hydroxylation is 2. The summed E-state index contributed by atoms with van der Waals surface area (Å²) >= 11 is 0. The van der Waals surface area contributed by atoms with Crippen LogP contribution in [0.2, 0.25) is 0 Å². The average Bonchev–Trinajstić information content (AvgIpc) is 3.16. The van der Waals surface area contributed by atoms with Crippen LogP contribution < -0.4 is 11.1 Å². The third-order valence-corrected chi connectivity index (χ3v) is 9.21. The van der Waals surface area contributed by atoms with Crippen LogP contribution in [0.1, 0.15) is 18.1 Å². The van der Waals surface area contributed by atoms with Gasteiger partial charge in [-0.15, -0.1) is 0 Å². The zero-order chi connectivity index (χ0) is 36.6. The first-order valence-corrected chi connectivity index (χ1v) is 16.9. The van der Waals surface area contributed by atoms with Crippen LogP contribution in [-0.2, 0) is 12.8 Å². The number of aromatic nitrogens is 4. The van der Waals surface area contributed by atoms with Gasteiger partial charge in [0, 0.05) is 24.0 Å². The van der Waals surface area contributed by atoms with Gasteiger partial charge in [-0.25, -0.2) is 27.5 Å². The maximum atomic E-state index is 13.9. The van der Waals surface area contributed by atoms with Crippen LogP contribution in [0, 0.1) is 23.3 Å². The molecule has 8 aromatic rings. The molecule has 0 aliphatic rings. The van der Waals surface area contributed by atoms with Crippen molar-refractivity contribution in [2.45, 2.75) is 19.3 Å². The summed E-state index contributed by atoms with van der Waals surface area (Å²) in [6.07, 6.45) is 1.13. The molecule has 0 unspecified atom stereocenters. The number of aromatic amines is 2. The van der Waals surface area contributed by atoms with E-state index < -0.39 is 11.6 Å². The lowest BCUT2D eigenvalue weighted by Crippen LogP contribution is -2.15. The number of hydrogen-bond acceptors (Lipinski definition) is 4. The zero-order valence-electron chi connectivity index (χ0n) is 27.9. The fraction of sp³-hybridized carbons (Fsp3) is 0.0698. The molecule has 8 rings (SSSR count). The predicted molar refractivity (Wildman–Crippen MR) is 198 cm³/mol. The van der Waals surface area contributed by atoms with E-state index in [-0.39, 0.29) is 22.8 Å². The monoisotopic (exact) mass is 708 g/mol. The van der Waals surface area contributed by atoms with E-state index in [4.69, 9.17) is 9.97 Å². The van der Waals surface area contributed by atoms with Crippen molar-refractivity contribution in [2.24, 2.45) is 0 Å². The fourth-order valence-electron chi connectivity index (χ4n) is 6.56. The number of halogens is 4. The Morgan fingerprint density at radius 1 is 0.415 bits per heavy atom. The Hall–Kier alpha value is -6.68. The molecule has 0 atom stereocenters. The summed E-state index contributed by atoms with van der Waals surface area (Å²) in [6.45, 7) is 0. The Morgan fingerprint density at radius 3 is 1.08 bits per heavy atom. The number of rotatable bonds is 8. The smallest absolute Gasteiger partial charge is 0.258 e. The van der Waals surface area contributed by atoms with Crippen LogP contribution in [0.5, 0.6) is 0 Å². The predicted octanol–water partition coefficient (Wildman–Crippen LogP) is 9.56. The van der Waals surface area contributed by atoms with Gasteiger partial charge in [0.05, 0.1) is 21.8 Å². The van der Waals surface area contributed by atoms with Gasteiger partial charge in [0.15, 0.2) is 0 Å². The second-order valence-corrected chi connectivity index (χ2v) is 12.7. The number of hydrogen-bond donors (Lipinski definition) is 2. The largest absolute Gasteiger partial charge is 0.310 e. The average molecular weight is 709 g/mol. The first-order valence-electron chi connectivity index (χ1n) is 16.9. The molecule has 53 heavy (non-hydrogen) atoms. The van der Waals surface area contributed by atoms with E-state index in [1.54, 1.807) is 60.7 Å². The van der Waals surface area contributed by atoms with Gasteiger partial charge in [-0.1, -0.05) is 48.5 Å². The SMILES string of the molecule is O=c1[nH]c(CCCc2nc3c(-c4ccc(F)cc4)cc(-c4ccc(F)cc4)cc3c(=O)[nH]2)nc2c(-c3ccc(F)cc3)cc(-c3ccc(F)cc3)cc12. The number of benzene rings is 6. The summed E-state index contributed by atoms with van der Waals surface area (Å²) < 4.78 is 55.1. The highest BCUT2D eigenvalue weighted by Gasteiger charge is 2.16. The van der Waals surface area contributed by atoms with Crippen LogP contribution in [0.3, 0.4) is 0 Å². The van der Waals surface area contributed by atoms with Crippen molar-refractivity contribution in [1.82, 2.24) is 19.9 Å². The summed E-state index contributed by atoms with van der Waals surface area (Å²) in [6, 6.07) is 30.8. The highest BCUT2D eigenvalue weighted by atomic mass is 19.1. The maximum Gasteiger partial charge on any atom is 0.258 e. The third kappa shape index (κ3) is 6.86. The van der Waals surface area contributed by atoms with Gasteiger partial charge < -0.3 is 9.97 Å².